The van der Waals surface area contributed by atoms with Crippen LogP contribution in [0.25, 0.3) is 0 Å². The second kappa shape index (κ2) is 8.13. The standard InChI is InChI=1S/C17H22N2O2S2/c20-16-13-23-17(22)19(16)14-5-7-15(8-6-14)21-12-4-11-18-9-2-1-3-10-18/h5-8H,1-4,9-13H2. The van der Waals surface area contributed by atoms with Crippen molar-refractivity contribution in [3.8, 4) is 5.75 Å². The van der Waals surface area contributed by atoms with Gasteiger partial charge in [-0.3, -0.25) is 9.69 Å². The van der Waals surface area contributed by atoms with Gasteiger partial charge in [-0.15, -0.1) is 0 Å². The summed E-state index contributed by atoms with van der Waals surface area (Å²) in [5.74, 6) is 1.33. The molecule has 2 aliphatic heterocycles. The number of thioether (sulfide) groups is 1. The van der Waals surface area contributed by atoms with Crippen molar-refractivity contribution >= 4 is 39.9 Å². The van der Waals surface area contributed by atoms with E-state index in [0.717, 1.165) is 31.0 Å². The second-order valence-corrected chi connectivity index (χ2v) is 7.49. The smallest absolute Gasteiger partial charge is 0.243 e. The van der Waals surface area contributed by atoms with Crippen molar-refractivity contribution < 1.29 is 9.53 Å². The Bertz CT molecular complexity index is 540. The first-order valence-corrected chi connectivity index (χ1v) is 9.58. The highest BCUT2D eigenvalue weighted by atomic mass is 32.2. The number of anilines is 1. The third-order valence-corrected chi connectivity index (χ3v) is 5.54. The fourth-order valence-electron chi connectivity index (χ4n) is 2.96. The van der Waals surface area contributed by atoms with E-state index in [9.17, 15) is 4.79 Å². The van der Waals surface area contributed by atoms with Gasteiger partial charge < -0.3 is 9.64 Å². The van der Waals surface area contributed by atoms with Crippen LogP contribution in [0.3, 0.4) is 0 Å². The molecule has 6 heteroatoms. The number of likely N-dealkylation sites (tertiary alicyclic amines) is 1. The van der Waals surface area contributed by atoms with Crippen molar-refractivity contribution in [1.82, 2.24) is 4.90 Å². The van der Waals surface area contributed by atoms with Crippen LogP contribution in [0.15, 0.2) is 24.3 Å². The van der Waals surface area contributed by atoms with E-state index in [1.165, 1.54) is 44.1 Å². The van der Waals surface area contributed by atoms with Crippen molar-refractivity contribution in [2.45, 2.75) is 25.7 Å². The summed E-state index contributed by atoms with van der Waals surface area (Å²) >= 11 is 6.63. The molecule has 0 bridgehead atoms. The zero-order valence-corrected chi connectivity index (χ0v) is 14.8. The van der Waals surface area contributed by atoms with Gasteiger partial charge in [0.15, 0.2) is 0 Å². The molecule has 2 fully saturated rings. The largest absolute Gasteiger partial charge is 0.494 e. The summed E-state index contributed by atoms with van der Waals surface area (Å²) in [7, 11) is 0. The molecule has 0 N–H and O–H groups in total. The summed E-state index contributed by atoms with van der Waals surface area (Å²) in [5, 5.41) is 0. The lowest BCUT2D eigenvalue weighted by atomic mass is 10.1. The third-order valence-electron chi connectivity index (χ3n) is 4.18. The number of piperidine rings is 1. The van der Waals surface area contributed by atoms with Crippen molar-refractivity contribution in [3.63, 3.8) is 0 Å². The van der Waals surface area contributed by atoms with Crippen molar-refractivity contribution in [2.75, 3.05) is 36.9 Å². The van der Waals surface area contributed by atoms with E-state index >= 15 is 0 Å². The zero-order valence-electron chi connectivity index (χ0n) is 13.2. The molecule has 0 radical (unpaired) electrons. The van der Waals surface area contributed by atoms with Gasteiger partial charge in [0.1, 0.15) is 10.1 Å². The number of nitrogens with zero attached hydrogens (tertiary/aromatic N) is 2. The van der Waals surface area contributed by atoms with Crippen LogP contribution < -0.4 is 9.64 Å². The van der Waals surface area contributed by atoms with E-state index in [2.05, 4.69) is 4.90 Å². The van der Waals surface area contributed by atoms with Crippen LogP contribution >= 0.6 is 24.0 Å². The Morgan fingerprint density at radius 1 is 1.13 bits per heavy atom. The average Bonchev–Trinajstić information content (AvgIpc) is 2.92. The molecule has 0 saturated carbocycles. The summed E-state index contributed by atoms with van der Waals surface area (Å²) in [6.45, 7) is 4.31. The van der Waals surface area contributed by atoms with Crippen molar-refractivity contribution in [3.05, 3.63) is 24.3 Å². The third kappa shape index (κ3) is 4.46. The molecule has 0 aromatic heterocycles. The SMILES string of the molecule is O=C1CSC(=S)N1c1ccc(OCCCN2CCCCC2)cc1. The van der Waals surface area contributed by atoms with Crippen molar-refractivity contribution in [1.29, 1.82) is 0 Å². The minimum Gasteiger partial charge on any atom is -0.494 e. The van der Waals surface area contributed by atoms with Crippen LogP contribution in [-0.4, -0.2) is 47.1 Å². The van der Waals surface area contributed by atoms with Crippen LogP contribution in [0.4, 0.5) is 5.69 Å². The lowest BCUT2D eigenvalue weighted by Crippen LogP contribution is -2.31. The topological polar surface area (TPSA) is 32.8 Å². The van der Waals surface area contributed by atoms with Crippen LogP contribution in [0, 0.1) is 0 Å². The summed E-state index contributed by atoms with van der Waals surface area (Å²) < 4.78 is 6.43. The number of benzene rings is 1. The lowest BCUT2D eigenvalue weighted by Gasteiger charge is -2.26. The Hall–Kier alpha value is -1.11. The molecule has 1 aromatic carbocycles. The van der Waals surface area contributed by atoms with Crippen LogP contribution in [0.5, 0.6) is 5.75 Å². The molecule has 2 aliphatic rings. The highest BCUT2D eigenvalue weighted by molar-refractivity contribution is 8.24. The van der Waals surface area contributed by atoms with Gasteiger partial charge in [-0.25, -0.2) is 0 Å². The molecule has 0 atom stereocenters. The molecular weight excluding hydrogens is 328 g/mol. The maximum Gasteiger partial charge on any atom is 0.243 e. The zero-order chi connectivity index (χ0) is 16.1. The van der Waals surface area contributed by atoms with Gasteiger partial charge >= 0.3 is 0 Å². The number of rotatable bonds is 6. The highest BCUT2D eigenvalue weighted by Gasteiger charge is 2.27. The van der Waals surface area contributed by atoms with Gasteiger partial charge in [-0.05, 0) is 56.6 Å². The number of ether oxygens (including phenoxy) is 1. The Balaban J connectivity index is 1.44. The highest BCUT2D eigenvalue weighted by Crippen LogP contribution is 2.28. The maximum absolute atomic E-state index is 11.8. The first-order chi connectivity index (χ1) is 11.2. The first kappa shape index (κ1) is 16.7. The molecular formula is C17H22N2O2S2. The molecule has 1 aromatic rings. The van der Waals surface area contributed by atoms with Gasteiger partial charge in [0.2, 0.25) is 5.91 Å². The Morgan fingerprint density at radius 2 is 1.87 bits per heavy atom. The monoisotopic (exact) mass is 350 g/mol. The van der Waals surface area contributed by atoms with Crippen molar-refractivity contribution in [2.24, 2.45) is 0 Å². The minimum atomic E-state index is 0.0511. The van der Waals surface area contributed by atoms with Crippen LogP contribution in [0.2, 0.25) is 0 Å². The number of carbonyl (C=O) groups is 1. The normalized spacial score (nSPS) is 19.4. The molecule has 1 amide bonds. The van der Waals surface area contributed by atoms with E-state index in [-0.39, 0.29) is 5.91 Å². The van der Waals surface area contributed by atoms with Crippen LogP contribution in [-0.2, 0) is 4.79 Å². The molecule has 23 heavy (non-hydrogen) atoms. The van der Waals surface area contributed by atoms with E-state index < -0.39 is 0 Å². The quantitative estimate of drug-likeness (QED) is 0.581. The molecule has 0 spiro atoms. The van der Waals surface area contributed by atoms with E-state index in [1.54, 1.807) is 4.90 Å². The summed E-state index contributed by atoms with van der Waals surface area (Å²) in [4.78, 5) is 15.9. The maximum atomic E-state index is 11.8. The Morgan fingerprint density at radius 3 is 2.52 bits per heavy atom. The molecule has 124 valence electrons. The first-order valence-electron chi connectivity index (χ1n) is 8.19. The van der Waals surface area contributed by atoms with Gasteiger partial charge in [0, 0.05) is 6.54 Å². The minimum absolute atomic E-state index is 0.0511. The molecule has 0 aliphatic carbocycles. The fraction of sp³-hybridized carbons (Fsp3) is 0.529. The Kier molecular flexibility index (Phi) is 5.91. The van der Waals surface area contributed by atoms with E-state index in [0.29, 0.717) is 10.1 Å². The molecule has 3 rings (SSSR count). The molecule has 0 unspecified atom stereocenters. The Labute approximate surface area is 147 Å². The number of amides is 1. The number of hydrogen-bond acceptors (Lipinski definition) is 5. The second-order valence-electron chi connectivity index (χ2n) is 5.88. The lowest BCUT2D eigenvalue weighted by molar-refractivity contribution is -0.115. The van der Waals surface area contributed by atoms with Gasteiger partial charge in [-0.2, -0.15) is 0 Å². The molecule has 2 saturated heterocycles. The number of hydrogen-bond donors (Lipinski definition) is 0. The summed E-state index contributed by atoms with van der Waals surface area (Å²) in [5.41, 5.74) is 0.825. The molecule has 2 heterocycles. The van der Waals surface area contributed by atoms with E-state index in [1.807, 2.05) is 24.3 Å². The summed E-state index contributed by atoms with van der Waals surface area (Å²) in [6, 6.07) is 7.62. The fourth-order valence-corrected chi connectivity index (χ4v) is 4.05. The van der Waals surface area contributed by atoms with Gasteiger partial charge in [0.25, 0.3) is 0 Å². The molecule has 4 nitrogen and oxygen atoms in total. The number of thiocarbonyl (C=S) groups is 1. The van der Waals surface area contributed by atoms with Crippen LogP contribution in [0.1, 0.15) is 25.7 Å². The number of carbonyl (C=O) groups excluding carboxylic acids is 1. The van der Waals surface area contributed by atoms with Gasteiger partial charge in [-0.1, -0.05) is 30.4 Å². The average molecular weight is 351 g/mol. The summed E-state index contributed by atoms with van der Waals surface area (Å²) in [6.07, 6.45) is 5.09. The predicted molar refractivity (Wildman–Crippen MR) is 99.4 cm³/mol. The van der Waals surface area contributed by atoms with Gasteiger partial charge in [0.05, 0.1) is 18.0 Å². The predicted octanol–water partition coefficient (Wildman–Crippen LogP) is 3.31. The van der Waals surface area contributed by atoms with E-state index in [4.69, 9.17) is 17.0 Å².